The lowest BCUT2D eigenvalue weighted by Gasteiger charge is -2.26. The number of carbonyl (C=O) groups is 1. The molecule has 10 atom stereocenters. The molecule has 66 heavy (non-hydrogen) atoms. The highest BCUT2D eigenvalue weighted by Crippen LogP contribution is 2.49. The maximum Gasteiger partial charge on any atom is 0.459 e. The van der Waals surface area contributed by atoms with Crippen molar-refractivity contribution in [3.63, 3.8) is 0 Å². The van der Waals surface area contributed by atoms with Crippen LogP contribution in [-0.2, 0) is 32.7 Å². The van der Waals surface area contributed by atoms with Gasteiger partial charge in [-0.25, -0.2) is 22.9 Å². The van der Waals surface area contributed by atoms with Crippen molar-refractivity contribution in [3.8, 4) is 11.5 Å². The van der Waals surface area contributed by atoms with Gasteiger partial charge in [0.1, 0.15) is 17.5 Å². The minimum Gasteiger partial charge on any atom is -0.462 e. The zero-order valence-electron chi connectivity index (χ0n) is 37.4. The second-order valence-electron chi connectivity index (χ2n) is 16.3. The number of benzene rings is 2. The van der Waals surface area contributed by atoms with E-state index in [2.05, 4.69) is 10.1 Å². The van der Waals surface area contributed by atoms with Crippen LogP contribution in [0.1, 0.15) is 68.3 Å². The Kier molecular flexibility index (Phi) is 19.4. The van der Waals surface area contributed by atoms with Crippen molar-refractivity contribution in [3.05, 3.63) is 127 Å². The third kappa shape index (κ3) is 14.7. The Labute approximate surface area is 380 Å². The maximum absolute atomic E-state index is 15.7. The van der Waals surface area contributed by atoms with Gasteiger partial charge in [-0.15, -0.1) is 0 Å². The summed E-state index contributed by atoms with van der Waals surface area (Å²) in [6.07, 6.45) is -2.20. The second kappa shape index (κ2) is 23.1. The number of esters is 1. The van der Waals surface area contributed by atoms with E-state index in [1.807, 2.05) is 23.2 Å². The number of aliphatic hydroxyl groups excluding tert-OH is 1. The van der Waals surface area contributed by atoms with E-state index in [9.17, 15) is 37.5 Å². The average molecular weight is 972 g/mol. The van der Waals surface area contributed by atoms with Crippen LogP contribution in [0.3, 0.4) is 0 Å². The van der Waals surface area contributed by atoms with Crippen LogP contribution in [0.4, 0.5) is 8.78 Å². The Morgan fingerprint density at radius 1 is 0.773 bits per heavy atom. The molecule has 23 heteroatoms. The van der Waals surface area contributed by atoms with Crippen molar-refractivity contribution in [1.29, 1.82) is 0 Å². The molecule has 2 aliphatic heterocycles. The van der Waals surface area contributed by atoms with E-state index in [1.165, 1.54) is 27.0 Å². The molecule has 2 saturated heterocycles. The number of nitrogens with zero attached hydrogens (tertiary/aromatic N) is 2. The van der Waals surface area contributed by atoms with Crippen LogP contribution in [0.2, 0.25) is 0 Å². The molecule has 2 aliphatic rings. The molecule has 4 N–H and O–H groups in total. The van der Waals surface area contributed by atoms with E-state index in [0.717, 1.165) is 27.5 Å². The lowest BCUT2D eigenvalue weighted by molar-refractivity contribution is -0.149. The number of aliphatic hydroxyl groups is 1. The first-order valence-electron chi connectivity index (χ1n) is 20.5. The van der Waals surface area contributed by atoms with E-state index < -0.39 is 104 Å². The molecule has 0 bridgehead atoms. The first-order chi connectivity index (χ1) is 30.3. The number of halogens is 2. The summed E-state index contributed by atoms with van der Waals surface area (Å²) in [7, 11) is -6.58. The highest BCUT2D eigenvalue weighted by atomic mass is 31.2. The van der Waals surface area contributed by atoms with Crippen LogP contribution in [0.25, 0.3) is 0 Å². The summed E-state index contributed by atoms with van der Waals surface area (Å²) < 4.78 is 89.7. The molecule has 19 nitrogen and oxygen atoms in total. The fourth-order valence-corrected chi connectivity index (χ4v) is 8.67. The third-order valence-corrected chi connectivity index (χ3v) is 12.7. The number of ether oxygens (including phenoxy) is 3. The molecule has 2 aromatic heterocycles. The lowest BCUT2D eigenvalue weighted by atomic mass is 9.90. The predicted molar refractivity (Wildman–Crippen MR) is 243 cm³/mol. The number of hydrogen-bond acceptors (Lipinski definition) is 14. The summed E-state index contributed by atoms with van der Waals surface area (Å²) in [5.41, 5.74) is -6.60. The average Bonchev–Trinajstić information content (AvgIpc) is 3.58. The number of alkyl halides is 2. The number of aromatic amines is 2. The molecule has 0 unspecified atom stereocenters. The van der Waals surface area contributed by atoms with Crippen LogP contribution in [0.5, 0.6) is 11.5 Å². The van der Waals surface area contributed by atoms with E-state index in [-0.39, 0.29) is 25.9 Å². The standard InChI is InChI=1S/C23H31FN3O8P.C11H15FN2O4.C8H11O2P.CH4/c1-14(2)33-20(29)16(4)26-36(31,35-17-9-7-6-8-10-17)32-13-18-15(3)23(5,24)21(34-18)27-12-11-19(28)25-22(27)30;1-6-7(5-15)18-9(11(6,2)12)14-4-3-8(16)13-10(14)17;1-11(2,9)10-8-6-4-3-5-7-8;/h6-12,14-16,18,21H,13H2,1-5H3,(H,26,31)(H,25,28,30);3-4,6-7,9,15H,5H2,1-2H3,(H,13,16,17);3-7H,1-2H3;1H4/t15-,16+,18-,21-,23-,36-;6-,7-,9-,11-;;/m11../s1. The first kappa shape index (κ1) is 55.3. The summed E-state index contributed by atoms with van der Waals surface area (Å²) in [4.78, 5) is 62.6. The topological polar surface area (TPSA) is 249 Å². The zero-order chi connectivity index (χ0) is 48.5. The zero-order valence-corrected chi connectivity index (χ0v) is 39.2. The van der Waals surface area contributed by atoms with Gasteiger partial charge < -0.3 is 28.4 Å². The third-order valence-electron chi connectivity index (χ3n) is 10.4. The second-order valence-corrected chi connectivity index (χ2v) is 20.7. The van der Waals surface area contributed by atoms with Crippen molar-refractivity contribution in [2.24, 2.45) is 11.8 Å². The Balaban J connectivity index is 0.000000317. The van der Waals surface area contributed by atoms with Gasteiger partial charge in [-0.2, -0.15) is 5.09 Å². The molecular weight excluding hydrogens is 910 g/mol. The van der Waals surface area contributed by atoms with Gasteiger partial charge in [0.15, 0.2) is 23.8 Å². The van der Waals surface area contributed by atoms with Crippen molar-refractivity contribution in [2.45, 2.75) is 104 Å². The molecule has 0 radical (unpaired) electrons. The molecule has 4 aromatic rings. The molecule has 0 saturated carbocycles. The first-order valence-corrected chi connectivity index (χ1v) is 24.5. The van der Waals surface area contributed by atoms with Gasteiger partial charge in [-0.1, -0.05) is 57.7 Å². The normalized spacial score (nSPS) is 26.0. The van der Waals surface area contributed by atoms with Gasteiger partial charge in [-0.05, 0) is 58.9 Å². The number of H-pyrrole nitrogens is 2. The number of para-hydroxylation sites is 2. The van der Waals surface area contributed by atoms with Gasteiger partial charge in [0.2, 0.25) is 7.37 Å². The molecule has 4 heterocycles. The molecule has 0 spiro atoms. The molecule has 0 aliphatic carbocycles. The van der Waals surface area contributed by atoms with Crippen LogP contribution in [0, 0.1) is 11.8 Å². The van der Waals surface area contributed by atoms with Crippen molar-refractivity contribution in [2.75, 3.05) is 26.5 Å². The van der Waals surface area contributed by atoms with E-state index >= 15 is 4.39 Å². The lowest BCUT2D eigenvalue weighted by Crippen LogP contribution is -2.40. The molecule has 2 aromatic carbocycles. The molecule has 2 fully saturated rings. The molecule has 0 amide bonds. The van der Waals surface area contributed by atoms with Crippen molar-refractivity contribution in [1.82, 2.24) is 24.2 Å². The SMILES string of the molecule is C.CC(C)OC(=O)[C@H](C)N[P@@](=O)(OC[C@H]1O[C@@H](n2ccc(=O)[nH]c2=O)[C@](C)(F)[C@@H]1C)Oc1ccccc1.CP(C)(=O)Oc1ccccc1.C[C@@H]1[C@@H](CO)O[C@@H](n2ccc(=O)[nH]c2=O)[C@]1(C)F. The number of aromatic nitrogens is 4. The highest BCUT2D eigenvalue weighted by Gasteiger charge is 2.55. The minimum atomic E-state index is -4.19. The summed E-state index contributed by atoms with van der Waals surface area (Å²) in [6, 6.07) is 18.5. The van der Waals surface area contributed by atoms with E-state index in [4.69, 9.17) is 32.9 Å². The van der Waals surface area contributed by atoms with E-state index in [0.29, 0.717) is 5.75 Å². The minimum absolute atomic E-state index is 0. The Morgan fingerprint density at radius 2 is 1.20 bits per heavy atom. The van der Waals surface area contributed by atoms with Gasteiger partial charge >= 0.3 is 25.1 Å². The Bertz CT molecular complexity index is 2530. The predicted octanol–water partition coefficient (Wildman–Crippen LogP) is 5.96. The van der Waals surface area contributed by atoms with Gasteiger partial charge in [0.05, 0.1) is 31.5 Å². The number of nitrogens with one attached hydrogen (secondary N) is 3. The summed E-state index contributed by atoms with van der Waals surface area (Å²) in [5, 5.41) is 11.7. The van der Waals surface area contributed by atoms with Crippen LogP contribution in [0.15, 0.2) is 104 Å². The van der Waals surface area contributed by atoms with Crippen LogP contribution in [-0.4, -0.2) is 92.4 Å². The largest absolute Gasteiger partial charge is 0.462 e. The molecule has 6 rings (SSSR count). The van der Waals surface area contributed by atoms with Gasteiger partial charge in [0, 0.05) is 49.7 Å². The Hall–Kier alpha value is -5.01. The fraction of sp³-hybridized carbons (Fsp3) is 0.512. The number of hydrogen-bond donors (Lipinski definition) is 4. The van der Waals surface area contributed by atoms with Gasteiger partial charge in [-0.3, -0.25) is 42.6 Å². The fourth-order valence-electron chi connectivity index (χ4n) is 6.53. The summed E-state index contributed by atoms with van der Waals surface area (Å²) in [6.45, 7) is 13.0. The van der Waals surface area contributed by atoms with Crippen LogP contribution < -0.4 is 36.6 Å². The number of rotatable bonds is 14. The summed E-state index contributed by atoms with van der Waals surface area (Å²) >= 11 is 0. The quantitative estimate of drug-likeness (QED) is 0.0841. The number of carbonyl (C=O) groups excluding carboxylic acids is 1. The van der Waals surface area contributed by atoms with Crippen molar-refractivity contribution >= 4 is 21.1 Å². The Morgan fingerprint density at radius 3 is 1.59 bits per heavy atom. The molecular formula is C43H61F2N5O14P2. The maximum atomic E-state index is 15.7. The summed E-state index contributed by atoms with van der Waals surface area (Å²) in [5.74, 6) is -1.15. The van der Waals surface area contributed by atoms with Crippen LogP contribution >= 0.6 is 15.1 Å². The van der Waals surface area contributed by atoms with E-state index in [1.54, 1.807) is 83.5 Å². The smallest absolute Gasteiger partial charge is 0.459 e. The monoisotopic (exact) mass is 971 g/mol. The van der Waals surface area contributed by atoms with Crippen molar-refractivity contribution < 1.29 is 55.6 Å². The van der Waals surface area contributed by atoms with Gasteiger partial charge in [0.25, 0.3) is 11.1 Å². The molecule has 366 valence electrons. The highest BCUT2D eigenvalue weighted by molar-refractivity contribution is 7.57.